The van der Waals surface area contributed by atoms with Crippen molar-refractivity contribution in [3.63, 3.8) is 0 Å². The Morgan fingerprint density at radius 1 is 1.10 bits per heavy atom. The van der Waals surface area contributed by atoms with Crippen molar-refractivity contribution < 1.29 is 9.59 Å². The van der Waals surface area contributed by atoms with Crippen LogP contribution in [0, 0.1) is 0 Å². The predicted octanol–water partition coefficient (Wildman–Crippen LogP) is 0.614. The Hall–Kier alpha value is -2.04. The summed E-state index contributed by atoms with van der Waals surface area (Å²) in [5.41, 5.74) is 1.20. The molecule has 1 atom stereocenters. The molecule has 1 aromatic rings. The first-order valence-electron chi connectivity index (χ1n) is 7.12. The second kappa shape index (κ2) is 5.53. The van der Waals surface area contributed by atoms with Gasteiger partial charge in [0.2, 0.25) is 11.8 Å². The van der Waals surface area contributed by atoms with Gasteiger partial charge >= 0.3 is 0 Å². The number of benzene rings is 1. The van der Waals surface area contributed by atoms with Crippen LogP contribution in [0.15, 0.2) is 30.3 Å². The van der Waals surface area contributed by atoms with Gasteiger partial charge in [-0.05, 0) is 18.6 Å². The zero-order valence-electron chi connectivity index (χ0n) is 11.4. The molecule has 0 radical (unpaired) electrons. The van der Waals surface area contributed by atoms with Gasteiger partial charge < -0.3 is 15.1 Å². The molecule has 1 unspecified atom stereocenters. The molecule has 1 N–H and O–H groups in total. The quantitative estimate of drug-likeness (QED) is 0.859. The topological polar surface area (TPSA) is 52.7 Å². The molecule has 2 aliphatic rings. The fraction of sp³-hybridized carbons (Fsp3) is 0.467. The third-order valence-electron chi connectivity index (χ3n) is 4.01. The summed E-state index contributed by atoms with van der Waals surface area (Å²) >= 11 is 0. The van der Waals surface area contributed by atoms with Crippen LogP contribution in [0.1, 0.15) is 12.8 Å². The van der Waals surface area contributed by atoms with Crippen LogP contribution < -0.4 is 10.2 Å². The maximum Gasteiger partial charge on any atom is 0.245 e. The van der Waals surface area contributed by atoms with Gasteiger partial charge in [0.1, 0.15) is 6.04 Å². The number of nitrogens with one attached hydrogen (secondary N) is 1. The summed E-state index contributed by atoms with van der Waals surface area (Å²) in [5.74, 6) is 0.0647. The summed E-state index contributed by atoms with van der Waals surface area (Å²) < 4.78 is 0. The number of carbonyl (C=O) groups is 2. The monoisotopic (exact) mass is 273 g/mol. The maximum absolute atomic E-state index is 12.3. The molecular weight excluding hydrogens is 254 g/mol. The first-order valence-corrected chi connectivity index (χ1v) is 7.12. The van der Waals surface area contributed by atoms with Crippen molar-refractivity contribution in [3.8, 4) is 0 Å². The van der Waals surface area contributed by atoms with E-state index in [1.807, 2.05) is 23.1 Å². The number of nitrogens with zero attached hydrogens (tertiary/aromatic N) is 2. The first kappa shape index (κ1) is 13.0. The minimum atomic E-state index is -0.300. The van der Waals surface area contributed by atoms with Crippen LogP contribution in [0.3, 0.4) is 0 Å². The molecule has 0 bridgehead atoms. The van der Waals surface area contributed by atoms with E-state index in [-0.39, 0.29) is 17.9 Å². The van der Waals surface area contributed by atoms with Gasteiger partial charge in [0.05, 0.1) is 0 Å². The van der Waals surface area contributed by atoms with E-state index in [1.54, 1.807) is 0 Å². The van der Waals surface area contributed by atoms with Crippen molar-refractivity contribution in [2.75, 3.05) is 31.1 Å². The molecular formula is C15H19N3O2. The number of hydrogen-bond donors (Lipinski definition) is 1. The molecule has 0 aromatic heterocycles. The van der Waals surface area contributed by atoms with E-state index in [1.165, 1.54) is 5.69 Å². The van der Waals surface area contributed by atoms with Crippen molar-refractivity contribution in [2.24, 2.45) is 0 Å². The highest BCUT2D eigenvalue weighted by Crippen LogP contribution is 2.17. The molecule has 5 nitrogen and oxygen atoms in total. The summed E-state index contributed by atoms with van der Waals surface area (Å²) in [6.07, 6.45) is 1.11. The summed E-state index contributed by atoms with van der Waals surface area (Å²) in [5, 5.41) is 2.75. The normalized spacial score (nSPS) is 22.8. The van der Waals surface area contributed by atoms with Crippen LogP contribution in [-0.4, -0.2) is 48.9 Å². The van der Waals surface area contributed by atoms with Crippen LogP contribution >= 0.6 is 0 Å². The van der Waals surface area contributed by atoms with Gasteiger partial charge in [-0.3, -0.25) is 9.59 Å². The van der Waals surface area contributed by atoms with E-state index in [0.717, 1.165) is 26.2 Å². The average Bonchev–Trinajstić information content (AvgIpc) is 2.94. The number of piperazine rings is 1. The molecule has 2 fully saturated rings. The van der Waals surface area contributed by atoms with Crippen molar-refractivity contribution in [1.82, 2.24) is 10.2 Å². The second-order valence-electron chi connectivity index (χ2n) is 5.31. The number of para-hydroxylation sites is 1. The molecule has 3 rings (SSSR count). The summed E-state index contributed by atoms with van der Waals surface area (Å²) in [7, 11) is 0. The van der Waals surface area contributed by atoms with Gasteiger partial charge in [-0.2, -0.15) is 0 Å². The van der Waals surface area contributed by atoms with E-state index in [0.29, 0.717) is 12.8 Å². The lowest BCUT2D eigenvalue weighted by Gasteiger charge is -2.37. The Kier molecular flexibility index (Phi) is 3.58. The lowest BCUT2D eigenvalue weighted by atomic mass is 10.1. The lowest BCUT2D eigenvalue weighted by Crippen LogP contribution is -2.53. The Labute approximate surface area is 118 Å². The third kappa shape index (κ3) is 2.61. The van der Waals surface area contributed by atoms with E-state index >= 15 is 0 Å². The van der Waals surface area contributed by atoms with Crippen LogP contribution in [0.25, 0.3) is 0 Å². The van der Waals surface area contributed by atoms with E-state index in [9.17, 15) is 9.59 Å². The molecule has 0 saturated carbocycles. The zero-order valence-corrected chi connectivity index (χ0v) is 11.4. The fourth-order valence-electron chi connectivity index (χ4n) is 2.84. The van der Waals surface area contributed by atoms with Crippen molar-refractivity contribution in [3.05, 3.63) is 30.3 Å². The fourth-order valence-corrected chi connectivity index (χ4v) is 2.84. The molecule has 0 aliphatic carbocycles. The molecule has 2 heterocycles. The molecule has 106 valence electrons. The molecule has 2 amide bonds. The summed E-state index contributed by atoms with van der Waals surface area (Å²) in [6.45, 7) is 3.13. The molecule has 2 aliphatic heterocycles. The standard InChI is InChI=1S/C15H19N3O2/c19-14-7-6-13(16-14)15(20)18-10-8-17(9-11-18)12-4-2-1-3-5-12/h1-5,13H,6-11H2,(H,16,19). The number of anilines is 1. The van der Waals surface area contributed by atoms with Gasteiger partial charge in [-0.15, -0.1) is 0 Å². The average molecular weight is 273 g/mol. The van der Waals surface area contributed by atoms with Crippen LogP contribution in [0.5, 0.6) is 0 Å². The van der Waals surface area contributed by atoms with Gasteiger partial charge in [0.15, 0.2) is 0 Å². The number of amides is 2. The highest BCUT2D eigenvalue weighted by Gasteiger charge is 2.32. The zero-order chi connectivity index (χ0) is 13.9. The molecule has 5 heteroatoms. The highest BCUT2D eigenvalue weighted by atomic mass is 16.2. The number of carbonyl (C=O) groups excluding carboxylic acids is 2. The van der Waals surface area contributed by atoms with Gasteiger partial charge in [0.25, 0.3) is 0 Å². The van der Waals surface area contributed by atoms with Crippen molar-refractivity contribution in [2.45, 2.75) is 18.9 Å². The van der Waals surface area contributed by atoms with Crippen LogP contribution in [0.4, 0.5) is 5.69 Å². The van der Waals surface area contributed by atoms with E-state index in [2.05, 4.69) is 22.3 Å². The molecule has 2 saturated heterocycles. The summed E-state index contributed by atoms with van der Waals surface area (Å²) in [4.78, 5) is 27.6. The summed E-state index contributed by atoms with van der Waals surface area (Å²) in [6, 6.07) is 9.95. The van der Waals surface area contributed by atoms with Gasteiger partial charge in [-0.1, -0.05) is 18.2 Å². The molecule has 0 spiro atoms. The second-order valence-corrected chi connectivity index (χ2v) is 5.31. The highest BCUT2D eigenvalue weighted by molar-refractivity contribution is 5.90. The molecule has 1 aromatic carbocycles. The third-order valence-corrected chi connectivity index (χ3v) is 4.01. The minimum absolute atomic E-state index is 0.00808. The Morgan fingerprint density at radius 3 is 2.40 bits per heavy atom. The van der Waals surface area contributed by atoms with E-state index < -0.39 is 0 Å². The van der Waals surface area contributed by atoms with Crippen molar-refractivity contribution >= 4 is 17.5 Å². The molecule has 20 heavy (non-hydrogen) atoms. The lowest BCUT2D eigenvalue weighted by molar-refractivity contribution is -0.134. The van der Waals surface area contributed by atoms with Gasteiger partial charge in [0, 0.05) is 38.3 Å². The maximum atomic E-state index is 12.3. The minimum Gasteiger partial charge on any atom is -0.368 e. The SMILES string of the molecule is O=C1CCC(C(=O)N2CCN(c3ccccc3)CC2)N1. The number of rotatable bonds is 2. The van der Waals surface area contributed by atoms with Crippen LogP contribution in [0.2, 0.25) is 0 Å². The smallest absolute Gasteiger partial charge is 0.245 e. The number of hydrogen-bond acceptors (Lipinski definition) is 3. The van der Waals surface area contributed by atoms with Gasteiger partial charge in [-0.25, -0.2) is 0 Å². The Bertz CT molecular complexity index is 495. The largest absolute Gasteiger partial charge is 0.368 e. The predicted molar refractivity (Wildman–Crippen MR) is 76.4 cm³/mol. The Morgan fingerprint density at radius 2 is 1.80 bits per heavy atom. The van der Waals surface area contributed by atoms with Crippen molar-refractivity contribution in [1.29, 1.82) is 0 Å². The van der Waals surface area contributed by atoms with E-state index in [4.69, 9.17) is 0 Å². The van der Waals surface area contributed by atoms with Crippen LogP contribution in [-0.2, 0) is 9.59 Å². The first-order chi connectivity index (χ1) is 9.74. The Balaban J connectivity index is 1.56.